The topological polar surface area (TPSA) is 70.9 Å². The first-order valence-electron chi connectivity index (χ1n) is 6.22. The van der Waals surface area contributed by atoms with Crippen LogP contribution >= 0.6 is 0 Å². The van der Waals surface area contributed by atoms with E-state index in [2.05, 4.69) is 34.3 Å². The van der Waals surface area contributed by atoms with Gasteiger partial charge in [0.15, 0.2) is 0 Å². The summed E-state index contributed by atoms with van der Waals surface area (Å²) in [6, 6.07) is 0.124. The number of hydrogen-bond donors (Lipinski definition) is 2. The molecule has 0 aliphatic carbocycles. The molecule has 1 rings (SSSR count). The van der Waals surface area contributed by atoms with Crippen LogP contribution in [0.4, 0.5) is 5.95 Å². The van der Waals surface area contributed by atoms with Crippen LogP contribution in [0.2, 0.25) is 0 Å². The van der Waals surface area contributed by atoms with Crippen LogP contribution in [0.1, 0.15) is 39.1 Å². The van der Waals surface area contributed by atoms with Gasteiger partial charge >= 0.3 is 0 Å². The van der Waals surface area contributed by atoms with Crippen molar-refractivity contribution in [2.75, 3.05) is 11.9 Å². The minimum atomic E-state index is 0.124. The predicted octanol–water partition coefficient (Wildman–Crippen LogP) is 1.43. The van der Waals surface area contributed by atoms with E-state index in [0.29, 0.717) is 5.95 Å². The highest BCUT2D eigenvalue weighted by Crippen LogP contribution is 2.10. The molecule has 1 heterocycles. The molecule has 1 aromatic heterocycles. The molecule has 0 spiro atoms. The highest BCUT2D eigenvalue weighted by molar-refractivity contribution is 5.27. The zero-order valence-corrected chi connectivity index (χ0v) is 11.1. The zero-order chi connectivity index (χ0) is 12.8. The lowest BCUT2D eigenvalue weighted by Crippen LogP contribution is -2.27. The number of nitrogens with zero attached hydrogens (tertiary/aromatic N) is 3. The summed E-state index contributed by atoms with van der Waals surface area (Å²) >= 11 is 0. The molecule has 1 aromatic rings. The minimum Gasteiger partial charge on any atom is -0.396 e. The van der Waals surface area contributed by atoms with Crippen LogP contribution in [0.25, 0.3) is 0 Å². The van der Waals surface area contributed by atoms with Gasteiger partial charge < -0.3 is 10.4 Å². The normalized spacial score (nSPS) is 14.4. The Morgan fingerprint density at radius 3 is 2.29 bits per heavy atom. The molecule has 0 amide bonds. The van der Waals surface area contributed by atoms with Crippen LogP contribution in [0.15, 0.2) is 0 Å². The summed E-state index contributed by atoms with van der Waals surface area (Å²) in [6.45, 7) is 8.24. The standard InChI is InChI=1S/C12H22N4O/c1-5-10-11(6-2)15-16-12(14-10)13-9(4)8(3)7-17/h8-9,17H,5-7H2,1-4H3,(H,13,14,16). The van der Waals surface area contributed by atoms with Gasteiger partial charge in [-0.15, -0.1) is 5.10 Å². The first-order valence-corrected chi connectivity index (χ1v) is 6.22. The molecular weight excluding hydrogens is 216 g/mol. The predicted molar refractivity (Wildman–Crippen MR) is 67.9 cm³/mol. The van der Waals surface area contributed by atoms with Crippen LogP contribution < -0.4 is 5.32 Å². The average Bonchev–Trinajstić information content (AvgIpc) is 2.37. The van der Waals surface area contributed by atoms with Crippen LogP contribution in [-0.2, 0) is 12.8 Å². The Balaban J connectivity index is 2.78. The number of aliphatic hydroxyl groups is 1. The second kappa shape index (κ2) is 6.49. The van der Waals surface area contributed by atoms with E-state index < -0.39 is 0 Å². The van der Waals surface area contributed by atoms with Gasteiger partial charge in [-0.2, -0.15) is 5.10 Å². The van der Waals surface area contributed by atoms with Crippen molar-refractivity contribution < 1.29 is 5.11 Å². The monoisotopic (exact) mass is 238 g/mol. The van der Waals surface area contributed by atoms with Gasteiger partial charge in [0.25, 0.3) is 0 Å². The highest BCUT2D eigenvalue weighted by atomic mass is 16.3. The largest absolute Gasteiger partial charge is 0.396 e. The summed E-state index contributed by atoms with van der Waals surface area (Å²) in [7, 11) is 0. The van der Waals surface area contributed by atoms with Crippen LogP contribution in [0.5, 0.6) is 0 Å². The summed E-state index contributed by atoms with van der Waals surface area (Å²) in [5.41, 5.74) is 1.95. The average molecular weight is 238 g/mol. The lowest BCUT2D eigenvalue weighted by Gasteiger charge is -2.19. The molecule has 2 N–H and O–H groups in total. The lowest BCUT2D eigenvalue weighted by atomic mass is 10.1. The summed E-state index contributed by atoms with van der Waals surface area (Å²) < 4.78 is 0. The van der Waals surface area contributed by atoms with Gasteiger partial charge in [0.1, 0.15) is 0 Å². The van der Waals surface area contributed by atoms with Gasteiger partial charge in [-0.1, -0.05) is 20.8 Å². The maximum absolute atomic E-state index is 9.07. The van der Waals surface area contributed by atoms with Gasteiger partial charge in [0.2, 0.25) is 5.95 Å². The van der Waals surface area contributed by atoms with Gasteiger partial charge in [-0.25, -0.2) is 4.98 Å². The molecule has 5 nitrogen and oxygen atoms in total. The van der Waals surface area contributed by atoms with Gasteiger partial charge in [0.05, 0.1) is 11.4 Å². The van der Waals surface area contributed by atoms with Gasteiger partial charge in [-0.05, 0) is 25.7 Å². The number of nitrogens with one attached hydrogen (secondary N) is 1. The Morgan fingerprint density at radius 2 is 1.76 bits per heavy atom. The van der Waals surface area contributed by atoms with Crippen molar-refractivity contribution in [3.05, 3.63) is 11.4 Å². The van der Waals surface area contributed by atoms with E-state index >= 15 is 0 Å². The van der Waals surface area contributed by atoms with Crippen molar-refractivity contribution in [3.63, 3.8) is 0 Å². The number of rotatable bonds is 6. The number of aliphatic hydroxyl groups excluding tert-OH is 1. The lowest BCUT2D eigenvalue weighted by molar-refractivity contribution is 0.226. The molecular formula is C12H22N4O. The van der Waals surface area contributed by atoms with Crippen molar-refractivity contribution in [1.82, 2.24) is 15.2 Å². The molecule has 0 bridgehead atoms. The van der Waals surface area contributed by atoms with E-state index in [1.54, 1.807) is 0 Å². The third-order valence-electron chi connectivity index (χ3n) is 3.01. The Labute approximate surface area is 103 Å². The minimum absolute atomic E-state index is 0.124. The summed E-state index contributed by atoms with van der Waals surface area (Å²) in [4.78, 5) is 4.45. The SMILES string of the molecule is CCc1nnc(NC(C)C(C)CO)nc1CC. The van der Waals surface area contributed by atoms with E-state index in [1.165, 1.54) is 0 Å². The third-order valence-corrected chi connectivity index (χ3v) is 3.01. The third kappa shape index (κ3) is 3.63. The molecule has 5 heteroatoms. The zero-order valence-electron chi connectivity index (χ0n) is 11.1. The summed E-state index contributed by atoms with van der Waals surface area (Å²) in [5.74, 6) is 0.710. The molecule has 0 fully saturated rings. The number of aromatic nitrogens is 3. The molecule has 17 heavy (non-hydrogen) atoms. The molecule has 0 saturated carbocycles. The van der Waals surface area contributed by atoms with Crippen molar-refractivity contribution in [1.29, 1.82) is 0 Å². The van der Waals surface area contributed by atoms with Crippen molar-refractivity contribution in [2.45, 2.75) is 46.6 Å². The molecule has 0 aliphatic heterocycles. The smallest absolute Gasteiger partial charge is 0.243 e. The maximum Gasteiger partial charge on any atom is 0.243 e. The summed E-state index contributed by atoms with van der Waals surface area (Å²) in [6.07, 6.45) is 1.71. The van der Waals surface area contributed by atoms with E-state index in [4.69, 9.17) is 5.11 Å². The molecule has 0 saturated heterocycles. The molecule has 2 atom stereocenters. The quantitative estimate of drug-likeness (QED) is 0.784. The first-order chi connectivity index (χ1) is 8.12. The van der Waals surface area contributed by atoms with Crippen molar-refractivity contribution in [3.8, 4) is 0 Å². The van der Waals surface area contributed by atoms with Crippen LogP contribution in [0.3, 0.4) is 0 Å². The first kappa shape index (κ1) is 13.8. The fourth-order valence-electron chi connectivity index (χ4n) is 1.50. The number of hydrogen-bond acceptors (Lipinski definition) is 5. The molecule has 0 aliphatic rings. The Kier molecular flexibility index (Phi) is 5.28. The fraction of sp³-hybridized carbons (Fsp3) is 0.750. The van der Waals surface area contributed by atoms with E-state index in [1.807, 2.05) is 13.8 Å². The number of anilines is 1. The number of aryl methyl sites for hydroxylation is 2. The van der Waals surface area contributed by atoms with E-state index in [0.717, 1.165) is 24.2 Å². The summed E-state index contributed by atoms with van der Waals surface area (Å²) in [5, 5.41) is 20.5. The van der Waals surface area contributed by atoms with Crippen LogP contribution in [0, 0.1) is 5.92 Å². The van der Waals surface area contributed by atoms with Crippen LogP contribution in [-0.4, -0.2) is 32.9 Å². The van der Waals surface area contributed by atoms with E-state index in [9.17, 15) is 0 Å². The maximum atomic E-state index is 9.07. The Hall–Kier alpha value is -1.23. The van der Waals surface area contributed by atoms with Gasteiger partial charge in [-0.3, -0.25) is 0 Å². The molecule has 2 unspecified atom stereocenters. The molecule has 0 aromatic carbocycles. The van der Waals surface area contributed by atoms with Crippen molar-refractivity contribution in [2.24, 2.45) is 5.92 Å². The van der Waals surface area contributed by atoms with Gasteiger partial charge in [0, 0.05) is 12.6 Å². The molecule has 0 radical (unpaired) electrons. The van der Waals surface area contributed by atoms with Crippen molar-refractivity contribution >= 4 is 5.95 Å². The Bertz CT molecular complexity index is 356. The fourth-order valence-corrected chi connectivity index (χ4v) is 1.50. The highest BCUT2D eigenvalue weighted by Gasteiger charge is 2.13. The molecule has 96 valence electrons. The Morgan fingerprint density at radius 1 is 1.12 bits per heavy atom. The second-order valence-corrected chi connectivity index (χ2v) is 4.33. The second-order valence-electron chi connectivity index (χ2n) is 4.33. The van der Waals surface area contributed by atoms with E-state index in [-0.39, 0.29) is 18.6 Å².